The topological polar surface area (TPSA) is 46.5 Å². The van der Waals surface area contributed by atoms with Gasteiger partial charge in [0.05, 0.1) is 6.61 Å². The van der Waals surface area contributed by atoms with Crippen molar-refractivity contribution in [3.05, 3.63) is 28.3 Å². The molecule has 0 bridgehead atoms. The second-order valence-electron chi connectivity index (χ2n) is 3.77. The van der Waals surface area contributed by atoms with E-state index in [1.54, 1.807) is 13.0 Å². The van der Waals surface area contributed by atoms with Crippen molar-refractivity contribution in [2.75, 3.05) is 6.61 Å². The lowest BCUT2D eigenvalue weighted by atomic mass is 9.95. The van der Waals surface area contributed by atoms with Crippen LogP contribution in [0.3, 0.4) is 0 Å². The molecule has 0 aliphatic carbocycles. The Morgan fingerprint density at radius 1 is 1.38 bits per heavy atom. The lowest BCUT2D eigenvalue weighted by Crippen LogP contribution is -2.09. The zero-order valence-electron chi connectivity index (χ0n) is 10.3. The Kier molecular flexibility index (Phi) is 3.93. The summed E-state index contributed by atoms with van der Waals surface area (Å²) in [4.78, 5) is 11.7. The Morgan fingerprint density at radius 3 is 2.50 bits per heavy atom. The van der Waals surface area contributed by atoms with Gasteiger partial charge in [0.25, 0.3) is 0 Å². The van der Waals surface area contributed by atoms with Crippen LogP contribution >= 0.6 is 0 Å². The fourth-order valence-corrected chi connectivity index (χ4v) is 2.01. The zero-order chi connectivity index (χ0) is 12.3. The molecule has 0 amide bonds. The molecule has 88 valence electrons. The molecule has 1 rings (SSSR count). The minimum Gasteiger partial charge on any atom is -0.507 e. The van der Waals surface area contributed by atoms with Gasteiger partial charge in [-0.25, -0.2) is 4.79 Å². The summed E-state index contributed by atoms with van der Waals surface area (Å²) in [6.07, 6.45) is 0.838. The SMILES string of the molecule is CCOC(=O)c1c(O)cc(C)c(CC)c1C. The van der Waals surface area contributed by atoms with Gasteiger partial charge >= 0.3 is 5.97 Å². The molecule has 0 radical (unpaired) electrons. The fraction of sp³-hybridized carbons (Fsp3) is 0.462. The summed E-state index contributed by atoms with van der Waals surface area (Å²) in [5, 5.41) is 9.79. The van der Waals surface area contributed by atoms with Crippen LogP contribution in [0, 0.1) is 13.8 Å². The van der Waals surface area contributed by atoms with Crippen LogP contribution in [-0.4, -0.2) is 17.7 Å². The average Bonchev–Trinajstić information content (AvgIpc) is 2.17. The van der Waals surface area contributed by atoms with Crippen molar-refractivity contribution >= 4 is 5.97 Å². The summed E-state index contributed by atoms with van der Waals surface area (Å²) in [7, 11) is 0. The van der Waals surface area contributed by atoms with Crippen molar-refractivity contribution in [3.8, 4) is 5.75 Å². The number of carbonyl (C=O) groups excluding carboxylic acids is 1. The van der Waals surface area contributed by atoms with Crippen molar-refractivity contribution in [2.24, 2.45) is 0 Å². The number of phenols is 1. The van der Waals surface area contributed by atoms with E-state index in [2.05, 4.69) is 0 Å². The van der Waals surface area contributed by atoms with E-state index in [9.17, 15) is 9.90 Å². The summed E-state index contributed by atoms with van der Waals surface area (Å²) in [6, 6.07) is 1.62. The molecule has 1 aromatic rings. The molecule has 0 aromatic heterocycles. The second-order valence-corrected chi connectivity index (χ2v) is 3.77. The van der Waals surface area contributed by atoms with Gasteiger partial charge in [0.2, 0.25) is 0 Å². The molecule has 0 fully saturated rings. The van der Waals surface area contributed by atoms with Gasteiger partial charge in [-0.2, -0.15) is 0 Å². The number of aromatic hydroxyl groups is 1. The van der Waals surface area contributed by atoms with E-state index >= 15 is 0 Å². The third kappa shape index (κ3) is 2.18. The van der Waals surface area contributed by atoms with Gasteiger partial charge in [0.1, 0.15) is 11.3 Å². The molecular formula is C13H18O3. The van der Waals surface area contributed by atoms with Gasteiger partial charge in [0.15, 0.2) is 0 Å². The number of carbonyl (C=O) groups is 1. The first-order valence-corrected chi connectivity index (χ1v) is 5.52. The first-order chi connectivity index (χ1) is 7.52. The molecule has 0 aliphatic rings. The van der Waals surface area contributed by atoms with Gasteiger partial charge in [-0.1, -0.05) is 6.92 Å². The summed E-state index contributed by atoms with van der Waals surface area (Å²) in [5.74, 6) is -0.446. The summed E-state index contributed by atoms with van der Waals surface area (Å²) in [6.45, 7) is 7.87. The highest BCUT2D eigenvalue weighted by Crippen LogP contribution is 2.28. The van der Waals surface area contributed by atoms with E-state index in [1.165, 1.54) is 0 Å². The molecular weight excluding hydrogens is 204 g/mol. The van der Waals surface area contributed by atoms with E-state index in [0.717, 1.165) is 23.1 Å². The molecule has 0 spiro atoms. The standard InChI is InChI=1S/C13H18O3/c1-5-10-8(3)7-11(14)12(9(10)4)13(15)16-6-2/h7,14H,5-6H2,1-4H3. The van der Waals surface area contributed by atoms with Crippen LogP contribution in [0.2, 0.25) is 0 Å². The number of hydrogen-bond donors (Lipinski definition) is 1. The van der Waals surface area contributed by atoms with Crippen molar-refractivity contribution in [2.45, 2.75) is 34.1 Å². The molecule has 0 saturated carbocycles. The van der Waals surface area contributed by atoms with Gasteiger partial charge < -0.3 is 9.84 Å². The van der Waals surface area contributed by atoms with Crippen LogP contribution in [0.25, 0.3) is 0 Å². The zero-order valence-corrected chi connectivity index (χ0v) is 10.3. The number of benzene rings is 1. The van der Waals surface area contributed by atoms with E-state index in [0.29, 0.717) is 12.2 Å². The normalized spacial score (nSPS) is 10.2. The highest BCUT2D eigenvalue weighted by Gasteiger charge is 2.18. The molecule has 3 nitrogen and oxygen atoms in total. The third-order valence-electron chi connectivity index (χ3n) is 2.75. The number of phenolic OH excluding ortho intramolecular Hbond substituents is 1. The lowest BCUT2D eigenvalue weighted by molar-refractivity contribution is 0.0522. The van der Waals surface area contributed by atoms with Crippen LogP contribution in [-0.2, 0) is 11.2 Å². The quantitative estimate of drug-likeness (QED) is 0.800. The fourth-order valence-electron chi connectivity index (χ4n) is 2.01. The van der Waals surface area contributed by atoms with Gasteiger partial charge in [-0.3, -0.25) is 0 Å². The molecule has 3 heteroatoms. The maximum absolute atomic E-state index is 11.7. The van der Waals surface area contributed by atoms with Gasteiger partial charge in [0, 0.05) is 0 Å². The minimum absolute atomic E-state index is 0.00523. The summed E-state index contributed by atoms with van der Waals surface area (Å²) < 4.78 is 4.93. The van der Waals surface area contributed by atoms with Gasteiger partial charge in [-0.05, 0) is 49.9 Å². The van der Waals surface area contributed by atoms with Crippen LogP contribution in [0.1, 0.15) is 40.9 Å². The Morgan fingerprint density at radius 2 is 2.00 bits per heavy atom. The first-order valence-electron chi connectivity index (χ1n) is 5.52. The van der Waals surface area contributed by atoms with E-state index < -0.39 is 5.97 Å². The Hall–Kier alpha value is -1.51. The minimum atomic E-state index is -0.452. The van der Waals surface area contributed by atoms with Crippen LogP contribution in [0.4, 0.5) is 0 Å². The largest absolute Gasteiger partial charge is 0.507 e. The maximum Gasteiger partial charge on any atom is 0.342 e. The van der Waals surface area contributed by atoms with Crippen LogP contribution in [0.5, 0.6) is 5.75 Å². The Balaban J connectivity index is 3.33. The molecule has 0 saturated heterocycles. The molecule has 0 atom stereocenters. The van der Waals surface area contributed by atoms with E-state index in [-0.39, 0.29) is 5.75 Å². The average molecular weight is 222 g/mol. The Labute approximate surface area is 96.1 Å². The van der Waals surface area contributed by atoms with Crippen molar-refractivity contribution < 1.29 is 14.6 Å². The van der Waals surface area contributed by atoms with Crippen LogP contribution < -0.4 is 0 Å². The van der Waals surface area contributed by atoms with E-state index in [4.69, 9.17) is 4.74 Å². The molecule has 16 heavy (non-hydrogen) atoms. The number of hydrogen-bond acceptors (Lipinski definition) is 3. The smallest absolute Gasteiger partial charge is 0.342 e. The van der Waals surface area contributed by atoms with Gasteiger partial charge in [-0.15, -0.1) is 0 Å². The molecule has 0 unspecified atom stereocenters. The first kappa shape index (κ1) is 12.6. The molecule has 0 heterocycles. The molecule has 0 aliphatic heterocycles. The highest BCUT2D eigenvalue weighted by atomic mass is 16.5. The number of rotatable bonds is 3. The monoisotopic (exact) mass is 222 g/mol. The lowest BCUT2D eigenvalue weighted by Gasteiger charge is -2.14. The third-order valence-corrected chi connectivity index (χ3v) is 2.75. The highest BCUT2D eigenvalue weighted by molar-refractivity contribution is 5.94. The number of aryl methyl sites for hydroxylation is 1. The van der Waals surface area contributed by atoms with E-state index in [1.807, 2.05) is 20.8 Å². The predicted octanol–water partition coefficient (Wildman–Crippen LogP) is 2.75. The molecule has 1 aromatic carbocycles. The van der Waals surface area contributed by atoms with Crippen molar-refractivity contribution in [1.29, 1.82) is 0 Å². The predicted molar refractivity (Wildman–Crippen MR) is 62.9 cm³/mol. The number of ether oxygens (including phenoxy) is 1. The summed E-state index contributed by atoms with van der Waals surface area (Å²) in [5.41, 5.74) is 3.22. The summed E-state index contributed by atoms with van der Waals surface area (Å²) >= 11 is 0. The Bertz CT molecular complexity index is 408. The maximum atomic E-state index is 11.7. The molecule has 1 N–H and O–H groups in total. The van der Waals surface area contributed by atoms with Crippen molar-refractivity contribution in [1.82, 2.24) is 0 Å². The number of esters is 1. The second kappa shape index (κ2) is 5.01. The van der Waals surface area contributed by atoms with Crippen LogP contribution in [0.15, 0.2) is 6.07 Å². The van der Waals surface area contributed by atoms with Crippen molar-refractivity contribution in [3.63, 3.8) is 0 Å².